The van der Waals surface area contributed by atoms with E-state index in [0.29, 0.717) is 25.6 Å². The van der Waals surface area contributed by atoms with Crippen molar-refractivity contribution in [1.82, 2.24) is 9.88 Å². The Hall–Kier alpha value is -1.76. The number of hydrogen-bond donors (Lipinski definition) is 0. The molecule has 22 heavy (non-hydrogen) atoms. The van der Waals surface area contributed by atoms with Crippen molar-refractivity contribution in [3.05, 3.63) is 42.0 Å². The van der Waals surface area contributed by atoms with E-state index in [-0.39, 0.29) is 11.9 Å². The molecule has 1 saturated heterocycles. The second-order valence-electron chi connectivity index (χ2n) is 5.33. The van der Waals surface area contributed by atoms with Gasteiger partial charge in [0.05, 0.1) is 25.0 Å². The van der Waals surface area contributed by atoms with Crippen molar-refractivity contribution in [2.24, 2.45) is 0 Å². The summed E-state index contributed by atoms with van der Waals surface area (Å²) in [6.07, 6.45) is 1.75. The van der Waals surface area contributed by atoms with Crippen LogP contribution in [0.1, 0.15) is 5.69 Å². The lowest BCUT2D eigenvalue weighted by Crippen LogP contribution is -2.43. The fourth-order valence-electron chi connectivity index (χ4n) is 2.54. The minimum atomic E-state index is -0.270. The van der Waals surface area contributed by atoms with Gasteiger partial charge in [0.2, 0.25) is 5.89 Å². The Morgan fingerprint density at radius 2 is 2.18 bits per heavy atom. The van der Waals surface area contributed by atoms with E-state index in [1.54, 1.807) is 25.5 Å². The van der Waals surface area contributed by atoms with Gasteiger partial charge < -0.3 is 13.9 Å². The van der Waals surface area contributed by atoms with Gasteiger partial charge in [-0.05, 0) is 24.3 Å². The second kappa shape index (κ2) is 7.00. The number of halogens is 1. The zero-order chi connectivity index (χ0) is 15.4. The van der Waals surface area contributed by atoms with Crippen LogP contribution in [0.5, 0.6) is 0 Å². The molecule has 1 aliphatic rings. The molecule has 0 bridgehead atoms. The van der Waals surface area contributed by atoms with Gasteiger partial charge in [-0.25, -0.2) is 9.37 Å². The van der Waals surface area contributed by atoms with Crippen LogP contribution in [0.25, 0.3) is 11.5 Å². The van der Waals surface area contributed by atoms with Crippen molar-refractivity contribution in [3.63, 3.8) is 0 Å². The number of aromatic nitrogens is 1. The maximum Gasteiger partial charge on any atom is 0.226 e. The van der Waals surface area contributed by atoms with Crippen molar-refractivity contribution in [2.45, 2.75) is 12.6 Å². The van der Waals surface area contributed by atoms with Gasteiger partial charge >= 0.3 is 0 Å². The molecule has 118 valence electrons. The topological polar surface area (TPSA) is 47.7 Å². The highest BCUT2D eigenvalue weighted by atomic mass is 19.1. The Kier molecular flexibility index (Phi) is 4.82. The molecule has 0 spiro atoms. The van der Waals surface area contributed by atoms with Gasteiger partial charge in [0.25, 0.3) is 0 Å². The Morgan fingerprint density at radius 1 is 1.36 bits per heavy atom. The van der Waals surface area contributed by atoms with E-state index in [9.17, 15) is 4.39 Å². The van der Waals surface area contributed by atoms with Crippen LogP contribution in [-0.4, -0.2) is 49.4 Å². The maximum atomic E-state index is 12.9. The summed E-state index contributed by atoms with van der Waals surface area (Å²) >= 11 is 0. The molecule has 0 saturated carbocycles. The van der Waals surface area contributed by atoms with E-state index in [0.717, 1.165) is 24.3 Å². The lowest BCUT2D eigenvalue weighted by molar-refractivity contribution is -0.0633. The summed E-state index contributed by atoms with van der Waals surface area (Å²) in [4.78, 5) is 6.74. The molecule has 0 aliphatic carbocycles. The molecule has 2 aromatic rings. The lowest BCUT2D eigenvalue weighted by atomic mass is 10.2. The summed E-state index contributed by atoms with van der Waals surface area (Å²) < 4.78 is 29.2. The molecular formula is C16H19FN2O3. The van der Waals surface area contributed by atoms with E-state index in [1.807, 2.05) is 0 Å². The standard InChI is InChI=1S/C16H19FN2O3/c1-20-11-15-9-19(6-7-21-15)8-14-10-22-16(18-14)12-2-4-13(17)5-3-12/h2-5,10,15H,6-9,11H2,1H3. The molecule has 1 aliphatic heterocycles. The minimum Gasteiger partial charge on any atom is -0.444 e. The second-order valence-corrected chi connectivity index (χ2v) is 5.33. The van der Waals surface area contributed by atoms with E-state index >= 15 is 0 Å². The van der Waals surface area contributed by atoms with E-state index in [4.69, 9.17) is 13.9 Å². The first-order valence-corrected chi connectivity index (χ1v) is 7.28. The average Bonchev–Trinajstić information content (AvgIpc) is 2.97. The molecule has 2 heterocycles. The highest BCUT2D eigenvalue weighted by Crippen LogP contribution is 2.20. The van der Waals surface area contributed by atoms with Crippen molar-refractivity contribution in [3.8, 4) is 11.5 Å². The number of hydrogen-bond acceptors (Lipinski definition) is 5. The zero-order valence-corrected chi connectivity index (χ0v) is 12.5. The SMILES string of the molecule is COCC1CN(Cc2coc(-c3ccc(F)cc3)n2)CCO1. The van der Waals surface area contributed by atoms with Gasteiger partial charge in [0.1, 0.15) is 12.1 Å². The maximum absolute atomic E-state index is 12.9. The van der Waals surface area contributed by atoms with Crippen molar-refractivity contribution in [1.29, 1.82) is 0 Å². The van der Waals surface area contributed by atoms with E-state index < -0.39 is 0 Å². The van der Waals surface area contributed by atoms with Crippen LogP contribution >= 0.6 is 0 Å². The summed E-state index contributed by atoms with van der Waals surface area (Å²) in [6.45, 7) is 3.66. The van der Waals surface area contributed by atoms with Crippen LogP contribution in [-0.2, 0) is 16.0 Å². The predicted molar refractivity (Wildman–Crippen MR) is 78.8 cm³/mol. The summed E-state index contributed by atoms with van der Waals surface area (Å²) in [5.41, 5.74) is 1.63. The molecule has 1 unspecified atom stereocenters. The number of rotatable bonds is 5. The lowest BCUT2D eigenvalue weighted by Gasteiger charge is -2.31. The van der Waals surface area contributed by atoms with Gasteiger partial charge in [-0.3, -0.25) is 4.90 Å². The number of methoxy groups -OCH3 is 1. The van der Waals surface area contributed by atoms with Gasteiger partial charge in [0, 0.05) is 32.3 Å². The Balaban J connectivity index is 1.63. The van der Waals surface area contributed by atoms with Crippen LogP contribution < -0.4 is 0 Å². The molecule has 1 atom stereocenters. The van der Waals surface area contributed by atoms with Crippen LogP contribution in [0.2, 0.25) is 0 Å². The molecule has 0 N–H and O–H groups in total. The van der Waals surface area contributed by atoms with Crippen molar-refractivity contribution >= 4 is 0 Å². The quantitative estimate of drug-likeness (QED) is 0.848. The van der Waals surface area contributed by atoms with Crippen molar-refractivity contribution in [2.75, 3.05) is 33.4 Å². The molecule has 1 fully saturated rings. The molecule has 6 heteroatoms. The van der Waals surface area contributed by atoms with E-state index in [1.165, 1.54) is 12.1 Å². The molecule has 1 aromatic carbocycles. The van der Waals surface area contributed by atoms with Crippen LogP contribution in [0.15, 0.2) is 34.9 Å². The highest BCUT2D eigenvalue weighted by Gasteiger charge is 2.21. The van der Waals surface area contributed by atoms with Gasteiger partial charge in [-0.15, -0.1) is 0 Å². The third kappa shape index (κ3) is 3.71. The van der Waals surface area contributed by atoms with Gasteiger partial charge in [-0.1, -0.05) is 0 Å². The zero-order valence-electron chi connectivity index (χ0n) is 12.5. The number of nitrogens with zero attached hydrogens (tertiary/aromatic N) is 2. The number of benzene rings is 1. The smallest absolute Gasteiger partial charge is 0.226 e. The molecule has 1 aromatic heterocycles. The molecule has 5 nitrogen and oxygen atoms in total. The Bertz CT molecular complexity index is 598. The first-order chi connectivity index (χ1) is 10.7. The average molecular weight is 306 g/mol. The Labute approximate surface area is 128 Å². The summed E-state index contributed by atoms with van der Waals surface area (Å²) in [5.74, 6) is 0.240. The molecule has 0 amide bonds. The van der Waals surface area contributed by atoms with Crippen LogP contribution in [0.4, 0.5) is 4.39 Å². The summed E-state index contributed by atoms with van der Waals surface area (Å²) in [6, 6.07) is 6.12. The fourth-order valence-corrected chi connectivity index (χ4v) is 2.54. The van der Waals surface area contributed by atoms with Gasteiger partial charge in [0.15, 0.2) is 0 Å². The fraction of sp³-hybridized carbons (Fsp3) is 0.438. The first kappa shape index (κ1) is 15.1. The summed E-state index contributed by atoms with van der Waals surface area (Å²) in [5, 5.41) is 0. The van der Waals surface area contributed by atoms with E-state index in [2.05, 4.69) is 9.88 Å². The largest absolute Gasteiger partial charge is 0.444 e. The third-order valence-corrected chi connectivity index (χ3v) is 3.60. The highest BCUT2D eigenvalue weighted by molar-refractivity contribution is 5.52. The molecule has 3 rings (SSSR count). The number of oxazole rings is 1. The first-order valence-electron chi connectivity index (χ1n) is 7.28. The minimum absolute atomic E-state index is 0.0993. The Morgan fingerprint density at radius 3 is 2.95 bits per heavy atom. The number of ether oxygens (including phenoxy) is 2. The normalized spacial score (nSPS) is 19.5. The van der Waals surface area contributed by atoms with Crippen LogP contribution in [0.3, 0.4) is 0 Å². The van der Waals surface area contributed by atoms with Gasteiger partial charge in [-0.2, -0.15) is 0 Å². The third-order valence-electron chi connectivity index (χ3n) is 3.60. The van der Waals surface area contributed by atoms with Crippen molar-refractivity contribution < 1.29 is 18.3 Å². The molecule has 0 radical (unpaired) electrons. The number of morpholine rings is 1. The van der Waals surface area contributed by atoms with Crippen LogP contribution in [0, 0.1) is 5.82 Å². The molecular weight excluding hydrogens is 287 g/mol. The monoisotopic (exact) mass is 306 g/mol. The summed E-state index contributed by atoms with van der Waals surface area (Å²) in [7, 11) is 1.68. The predicted octanol–water partition coefficient (Wildman–Crippen LogP) is 2.33.